The Bertz CT molecular complexity index is 642. The van der Waals surface area contributed by atoms with Crippen LogP contribution in [0.3, 0.4) is 0 Å². The van der Waals surface area contributed by atoms with Crippen molar-refractivity contribution in [3.8, 4) is 0 Å². The monoisotopic (exact) mass is 545 g/mol. The number of rotatable bonds is 3. The largest absolute Gasteiger partial charge is 0.480 e. The Labute approximate surface area is 153 Å². The highest BCUT2D eigenvalue weighted by atomic mass is 79.9. The molecule has 1 N–H and O–H groups in total. The second-order valence-corrected chi connectivity index (χ2v) is 7.42. The van der Waals surface area contributed by atoms with E-state index in [0.717, 1.165) is 4.90 Å². The highest BCUT2D eigenvalue weighted by Crippen LogP contribution is 2.45. The number of aliphatic carboxylic acids is 1. The summed E-state index contributed by atoms with van der Waals surface area (Å²) < 4.78 is 1.96. The summed E-state index contributed by atoms with van der Waals surface area (Å²) >= 11 is 13.2. The zero-order chi connectivity index (χ0) is 16.1. The Hall–Kier alpha value is -0.250. The van der Waals surface area contributed by atoms with Crippen LogP contribution in [-0.4, -0.2) is 33.8 Å². The van der Waals surface area contributed by atoms with Gasteiger partial charge in [0.05, 0.1) is 11.1 Å². The second-order valence-electron chi connectivity index (χ2n) is 4.25. The molecule has 2 amide bonds. The van der Waals surface area contributed by atoms with Gasteiger partial charge in [0, 0.05) is 17.9 Å². The lowest BCUT2D eigenvalue weighted by Gasteiger charge is -2.20. The maximum Gasteiger partial charge on any atom is 0.326 e. The summed E-state index contributed by atoms with van der Waals surface area (Å²) in [6.07, 6.45) is 0.137. The predicted octanol–water partition coefficient (Wildman–Crippen LogP) is 4.20. The fourth-order valence-electron chi connectivity index (χ4n) is 2.12. The summed E-state index contributed by atoms with van der Waals surface area (Å²) in [6.45, 7) is 1.61. The van der Waals surface area contributed by atoms with E-state index < -0.39 is 23.8 Å². The number of nitrogens with zero attached hydrogens (tertiary/aromatic N) is 1. The van der Waals surface area contributed by atoms with Gasteiger partial charge in [0.15, 0.2) is 0 Å². The molecule has 0 saturated carbocycles. The number of fused-ring (bicyclic) bond motifs is 1. The van der Waals surface area contributed by atoms with E-state index in [2.05, 4.69) is 63.7 Å². The molecule has 0 radical (unpaired) electrons. The summed E-state index contributed by atoms with van der Waals surface area (Å²) in [4.78, 5) is 37.1. The topological polar surface area (TPSA) is 74.7 Å². The standard InChI is InChI=1S/C12H7Br4NO4/c1-2-3(12(20)21)17-10(18)4-5(11(17)19)7(14)9(16)8(15)6(4)13/h3H,2H2,1H3,(H,20,21). The minimum atomic E-state index is -1.21. The van der Waals surface area contributed by atoms with Gasteiger partial charge in [-0.1, -0.05) is 6.92 Å². The number of hydrogen-bond donors (Lipinski definition) is 1. The average Bonchev–Trinajstić information content (AvgIpc) is 2.68. The number of amides is 2. The highest BCUT2D eigenvalue weighted by molar-refractivity contribution is 9.15. The molecule has 0 aliphatic carbocycles. The van der Waals surface area contributed by atoms with E-state index in [1.807, 2.05) is 0 Å². The lowest BCUT2D eigenvalue weighted by atomic mass is 10.1. The molecule has 2 rings (SSSR count). The smallest absolute Gasteiger partial charge is 0.326 e. The van der Waals surface area contributed by atoms with E-state index in [0.29, 0.717) is 17.9 Å². The lowest BCUT2D eigenvalue weighted by Crippen LogP contribution is -2.44. The molecule has 1 aliphatic rings. The Morgan fingerprint density at radius 3 is 1.67 bits per heavy atom. The normalized spacial score (nSPS) is 15.4. The maximum absolute atomic E-state index is 12.5. The molecule has 0 saturated heterocycles. The van der Waals surface area contributed by atoms with Crippen molar-refractivity contribution in [3.05, 3.63) is 29.0 Å². The lowest BCUT2D eigenvalue weighted by molar-refractivity contribution is -0.141. The SMILES string of the molecule is CCC(C(=O)O)N1C(=O)c2c(Br)c(Br)c(Br)c(Br)c2C1=O. The number of carbonyl (C=O) groups excluding carboxylic acids is 2. The van der Waals surface area contributed by atoms with Crippen LogP contribution in [0.4, 0.5) is 0 Å². The van der Waals surface area contributed by atoms with Gasteiger partial charge in [0.1, 0.15) is 6.04 Å². The summed E-state index contributed by atoms with van der Waals surface area (Å²) in [5, 5.41) is 9.21. The molecule has 1 aliphatic heterocycles. The highest BCUT2D eigenvalue weighted by Gasteiger charge is 2.45. The molecule has 21 heavy (non-hydrogen) atoms. The number of imide groups is 1. The fraction of sp³-hybridized carbons (Fsp3) is 0.250. The summed E-state index contributed by atoms with van der Waals surface area (Å²) in [5.41, 5.74) is 0.309. The van der Waals surface area contributed by atoms with Crippen molar-refractivity contribution in [2.75, 3.05) is 0 Å². The predicted molar refractivity (Wildman–Crippen MR) is 89.5 cm³/mol. The maximum atomic E-state index is 12.5. The molecule has 5 nitrogen and oxygen atoms in total. The number of carboxylic acid groups (broad SMARTS) is 1. The van der Waals surface area contributed by atoms with Crippen LogP contribution in [-0.2, 0) is 4.79 Å². The Morgan fingerprint density at radius 1 is 1.00 bits per heavy atom. The van der Waals surface area contributed by atoms with Gasteiger partial charge in [-0.05, 0) is 70.1 Å². The Kier molecular flexibility index (Phi) is 4.97. The molecular formula is C12H7Br4NO4. The summed E-state index contributed by atoms with van der Waals surface area (Å²) in [5.74, 6) is -2.45. The van der Waals surface area contributed by atoms with Gasteiger partial charge in [-0.2, -0.15) is 0 Å². The van der Waals surface area contributed by atoms with Crippen LogP contribution in [0.25, 0.3) is 0 Å². The summed E-state index contributed by atoms with van der Waals surface area (Å²) in [6, 6.07) is -1.19. The van der Waals surface area contributed by atoms with Crippen molar-refractivity contribution in [1.29, 1.82) is 0 Å². The van der Waals surface area contributed by atoms with E-state index in [1.165, 1.54) is 0 Å². The Balaban J connectivity index is 2.71. The van der Waals surface area contributed by atoms with E-state index in [9.17, 15) is 19.5 Å². The molecule has 0 aromatic heterocycles. The quantitative estimate of drug-likeness (QED) is 0.349. The van der Waals surface area contributed by atoms with Gasteiger partial charge >= 0.3 is 5.97 Å². The van der Waals surface area contributed by atoms with Gasteiger partial charge in [0.25, 0.3) is 11.8 Å². The number of carboxylic acids is 1. The molecule has 0 bridgehead atoms. The van der Waals surface area contributed by atoms with Gasteiger partial charge in [0.2, 0.25) is 0 Å². The van der Waals surface area contributed by atoms with E-state index in [4.69, 9.17) is 0 Å². The van der Waals surface area contributed by atoms with Gasteiger partial charge in [-0.15, -0.1) is 0 Å². The van der Waals surface area contributed by atoms with Crippen LogP contribution in [0, 0.1) is 0 Å². The number of halogens is 4. The van der Waals surface area contributed by atoms with Crippen LogP contribution in [0.2, 0.25) is 0 Å². The van der Waals surface area contributed by atoms with Crippen molar-refractivity contribution in [3.63, 3.8) is 0 Å². The first-order chi connectivity index (χ1) is 9.73. The van der Waals surface area contributed by atoms with Crippen molar-refractivity contribution in [2.45, 2.75) is 19.4 Å². The first-order valence-corrected chi connectivity index (χ1v) is 8.87. The fourth-order valence-corrected chi connectivity index (χ4v) is 4.57. The third-order valence-corrected chi connectivity index (χ3v) is 7.88. The van der Waals surface area contributed by atoms with Crippen molar-refractivity contribution >= 4 is 81.5 Å². The van der Waals surface area contributed by atoms with Crippen LogP contribution in [0.15, 0.2) is 17.9 Å². The third-order valence-electron chi connectivity index (χ3n) is 3.12. The molecule has 0 fully saturated rings. The third kappa shape index (κ3) is 2.51. The number of carbonyl (C=O) groups is 3. The second kappa shape index (κ2) is 6.10. The molecule has 1 unspecified atom stereocenters. The van der Waals surface area contributed by atoms with Crippen molar-refractivity contribution < 1.29 is 19.5 Å². The van der Waals surface area contributed by atoms with Gasteiger partial charge in [-0.3, -0.25) is 14.5 Å². The zero-order valence-electron chi connectivity index (χ0n) is 10.4. The molecule has 112 valence electrons. The minimum Gasteiger partial charge on any atom is -0.480 e. The number of benzene rings is 1. The van der Waals surface area contributed by atoms with Crippen molar-refractivity contribution in [2.24, 2.45) is 0 Å². The molecule has 1 atom stereocenters. The van der Waals surface area contributed by atoms with Gasteiger partial charge < -0.3 is 5.11 Å². The average molecular weight is 549 g/mol. The molecule has 1 aromatic rings. The molecule has 1 heterocycles. The molecule has 1 aromatic carbocycles. The van der Waals surface area contributed by atoms with Crippen LogP contribution >= 0.6 is 63.7 Å². The summed E-state index contributed by atoms with van der Waals surface area (Å²) in [7, 11) is 0. The van der Waals surface area contributed by atoms with Crippen molar-refractivity contribution in [1.82, 2.24) is 4.90 Å². The molecule has 9 heteroatoms. The first kappa shape index (κ1) is 17.1. The van der Waals surface area contributed by atoms with Crippen LogP contribution in [0.1, 0.15) is 34.1 Å². The molecule has 0 spiro atoms. The van der Waals surface area contributed by atoms with Crippen LogP contribution in [0.5, 0.6) is 0 Å². The van der Waals surface area contributed by atoms with E-state index in [-0.39, 0.29) is 17.5 Å². The van der Waals surface area contributed by atoms with Crippen LogP contribution < -0.4 is 0 Å². The first-order valence-electron chi connectivity index (χ1n) is 5.70. The Morgan fingerprint density at radius 2 is 1.38 bits per heavy atom. The zero-order valence-corrected chi connectivity index (χ0v) is 16.8. The van der Waals surface area contributed by atoms with E-state index in [1.54, 1.807) is 6.92 Å². The number of hydrogen-bond acceptors (Lipinski definition) is 3. The molecular weight excluding hydrogens is 542 g/mol. The van der Waals surface area contributed by atoms with E-state index >= 15 is 0 Å². The minimum absolute atomic E-state index is 0.137. The van der Waals surface area contributed by atoms with Gasteiger partial charge in [-0.25, -0.2) is 4.79 Å².